The summed E-state index contributed by atoms with van der Waals surface area (Å²) in [6.45, 7) is 5.64. The molecule has 132 valence electrons. The number of hydrogen-bond acceptors (Lipinski definition) is 4. The molecule has 1 atom stereocenters. The van der Waals surface area contributed by atoms with Crippen LogP contribution in [0.1, 0.15) is 19.8 Å². The Hall–Kier alpha value is -1.89. The van der Waals surface area contributed by atoms with Gasteiger partial charge in [-0.2, -0.15) is 5.10 Å². The lowest BCUT2D eigenvalue weighted by atomic mass is 9.71. The second-order valence-electron chi connectivity index (χ2n) is 7.00. The molecule has 1 unspecified atom stereocenters. The van der Waals surface area contributed by atoms with E-state index < -0.39 is 0 Å². The summed E-state index contributed by atoms with van der Waals surface area (Å²) in [5, 5.41) is 4.10. The highest BCUT2D eigenvalue weighted by molar-refractivity contribution is 5.76. The van der Waals surface area contributed by atoms with Crippen molar-refractivity contribution >= 4 is 11.8 Å². The van der Waals surface area contributed by atoms with Crippen molar-refractivity contribution in [3.8, 4) is 0 Å². The summed E-state index contributed by atoms with van der Waals surface area (Å²) in [5.41, 5.74) is 0.0875. The number of carbonyl (C=O) groups excluding carboxylic acids is 2. The van der Waals surface area contributed by atoms with Crippen molar-refractivity contribution in [1.82, 2.24) is 19.6 Å². The Morgan fingerprint density at radius 3 is 2.62 bits per heavy atom. The lowest BCUT2D eigenvalue weighted by Crippen LogP contribution is -2.48. The van der Waals surface area contributed by atoms with E-state index in [1.807, 2.05) is 15.9 Å². The molecule has 1 aromatic rings. The molecule has 3 heterocycles. The van der Waals surface area contributed by atoms with Crippen LogP contribution in [0.15, 0.2) is 18.5 Å². The number of rotatable bonds is 4. The smallest absolute Gasteiger partial charge is 0.244 e. The summed E-state index contributed by atoms with van der Waals surface area (Å²) in [4.78, 5) is 28.1. The average molecular weight is 334 g/mol. The van der Waals surface area contributed by atoms with Crippen LogP contribution < -0.4 is 0 Å². The fraction of sp³-hybridized carbons (Fsp3) is 0.706. The molecule has 7 nitrogen and oxygen atoms in total. The topological polar surface area (TPSA) is 67.7 Å². The molecule has 3 rings (SSSR count). The van der Waals surface area contributed by atoms with Gasteiger partial charge in [0.2, 0.25) is 11.8 Å². The van der Waals surface area contributed by atoms with Gasteiger partial charge in [0.05, 0.1) is 6.61 Å². The van der Waals surface area contributed by atoms with Gasteiger partial charge in [0.15, 0.2) is 0 Å². The summed E-state index contributed by atoms with van der Waals surface area (Å²) in [6.07, 6.45) is 5.34. The second kappa shape index (κ2) is 6.93. The Kier molecular flexibility index (Phi) is 4.89. The van der Waals surface area contributed by atoms with E-state index in [0.717, 1.165) is 39.0 Å². The molecule has 2 amide bonds. The van der Waals surface area contributed by atoms with Crippen molar-refractivity contribution in [3.63, 3.8) is 0 Å². The molecular formula is C17H26N4O3. The summed E-state index contributed by atoms with van der Waals surface area (Å²) < 4.78 is 7.06. The van der Waals surface area contributed by atoms with Crippen molar-refractivity contribution < 1.29 is 14.3 Å². The maximum absolute atomic E-state index is 12.4. The molecule has 2 aliphatic rings. The molecule has 1 spiro atoms. The highest BCUT2D eigenvalue weighted by Crippen LogP contribution is 2.44. The van der Waals surface area contributed by atoms with E-state index in [1.165, 1.54) is 0 Å². The zero-order valence-electron chi connectivity index (χ0n) is 14.5. The average Bonchev–Trinajstić information content (AvgIpc) is 3.18. The van der Waals surface area contributed by atoms with Gasteiger partial charge in [0.1, 0.15) is 6.54 Å². The highest BCUT2D eigenvalue weighted by Gasteiger charge is 2.49. The van der Waals surface area contributed by atoms with Crippen molar-refractivity contribution in [2.24, 2.45) is 11.3 Å². The predicted octanol–water partition coefficient (Wildman–Crippen LogP) is 0.617. The minimum absolute atomic E-state index is 0.0875. The van der Waals surface area contributed by atoms with Crippen molar-refractivity contribution in [3.05, 3.63) is 18.5 Å². The van der Waals surface area contributed by atoms with Crippen molar-refractivity contribution in [2.45, 2.75) is 26.3 Å². The molecule has 0 aromatic carbocycles. The lowest BCUT2D eigenvalue weighted by molar-refractivity contribution is -0.135. The molecule has 2 saturated heterocycles. The number of methoxy groups -OCH3 is 1. The Labute approximate surface area is 142 Å². The first-order valence-electron chi connectivity index (χ1n) is 8.54. The van der Waals surface area contributed by atoms with Crippen LogP contribution in [-0.2, 0) is 20.9 Å². The van der Waals surface area contributed by atoms with E-state index in [9.17, 15) is 9.59 Å². The van der Waals surface area contributed by atoms with Gasteiger partial charge in [-0.3, -0.25) is 14.3 Å². The van der Waals surface area contributed by atoms with Gasteiger partial charge in [-0.05, 0) is 24.3 Å². The largest absolute Gasteiger partial charge is 0.384 e. The number of nitrogens with zero attached hydrogens (tertiary/aromatic N) is 4. The minimum Gasteiger partial charge on any atom is -0.384 e. The van der Waals surface area contributed by atoms with Gasteiger partial charge in [-0.1, -0.05) is 0 Å². The quantitative estimate of drug-likeness (QED) is 0.809. The standard InChI is InChI=1S/C17H26N4O3/c1-14(22)20-10-15(12-24-2)17(13-20)4-8-19(9-5-17)16(23)11-21-7-3-6-18-21/h3,6-7,15H,4-5,8-13H2,1-2H3. The Morgan fingerprint density at radius 2 is 2.04 bits per heavy atom. The van der Waals surface area contributed by atoms with Crippen LogP contribution >= 0.6 is 0 Å². The number of amides is 2. The van der Waals surface area contributed by atoms with E-state index in [2.05, 4.69) is 5.10 Å². The molecule has 0 bridgehead atoms. The Balaban J connectivity index is 1.62. The van der Waals surface area contributed by atoms with Gasteiger partial charge in [0, 0.05) is 58.5 Å². The number of likely N-dealkylation sites (tertiary alicyclic amines) is 2. The van der Waals surface area contributed by atoms with E-state index in [1.54, 1.807) is 31.1 Å². The molecule has 0 radical (unpaired) electrons. The van der Waals surface area contributed by atoms with E-state index >= 15 is 0 Å². The van der Waals surface area contributed by atoms with Crippen LogP contribution in [0.2, 0.25) is 0 Å². The third-order valence-corrected chi connectivity index (χ3v) is 5.59. The first-order valence-corrected chi connectivity index (χ1v) is 8.54. The third-order valence-electron chi connectivity index (χ3n) is 5.59. The lowest BCUT2D eigenvalue weighted by Gasteiger charge is -2.42. The number of carbonyl (C=O) groups is 2. The first kappa shape index (κ1) is 17.0. The van der Waals surface area contributed by atoms with Gasteiger partial charge >= 0.3 is 0 Å². The summed E-state index contributed by atoms with van der Waals surface area (Å²) in [7, 11) is 1.72. The van der Waals surface area contributed by atoms with Crippen LogP contribution in [-0.4, -0.2) is 71.3 Å². The Morgan fingerprint density at radius 1 is 1.29 bits per heavy atom. The molecule has 1 aromatic heterocycles. The normalized spacial score (nSPS) is 23.0. The van der Waals surface area contributed by atoms with Crippen LogP contribution in [0.3, 0.4) is 0 Å². The van der Waals surface area contributed by atoms with Crippen LogP contribution in [0, 0.1) is 11.3 Å². The maximum atomic E-state index is 12.4. The minimum atomic E-state index is 0.0875. The molecule has 24 heavy (non-hydrogen) atoms. The zero-order valence-corrected chi connectivity index (χ0v) is 14.5. The zero-order chi connectivity index (χ0) is 17.2. The van der Waals surface area contributed by atoms with E-state index in [-0.39, 0.29) is 17.2 Å². The van der Waals surface area contributed by atoms with Gasteiger partial charge in [0.25, 0.3) is 0 Å². The van der Waals surface area contributed by atoms with E-state index in [4.69, 9.17) is 4.74 Å². The molecule has 2 fully saturated rings. The number of hydrogen-bond donors (Lipinski definition) is 0. The summed E-state index contributed by atoms with van der Waals surface area (Å²) in [5.74, 6) is 0.596. The first-order chi connectivity index (χ1) is 11.5. The molecule has 7 heteroatoms. The number of ether oxygens (including phenoxy) is 1. The summed E-state index contributed by atoms with van der Waals surface area (Å²) in [6, 6.07) is 1.82. The fourth-order valence-corrected chi connectivity index (χ4v) is 4.10. The van der Waals surface area contributed by atoms with Crippen LogP contribution in [0.5, 0.6) is 0 Å². The third kappa shape index (κ3) is 3.31. The monoisotopic (exact) mass is 334 g/mol. The molecule has 2 aliphatic heterocycles. The van der Waals surface area contributed by atoms with Crippen LogP contribution in [0.4, 0.5) is 0 Å². The van der Waals surface area contributed by atoms with Crippen molar-refractivity contribution in [2.75, 3.05) is 39.9 Å². The highest BCUT2D eigenvalue weighted by atomic mass is 16.5. The maximum Gasteiger partial charge on any atom is 0.244 e. The Bertz CT molecular complexity index is 579. The number of piperidine rings is 1. The SMILES string of the molecule is COCC1CN(C(C)=O)CC12CCN(C(=O)Cn1cccn1)CC2. The molecular weight excluding hydrogens is 308 g/mol. The fourth-order valence-electron chi connectivity index (χ4n) is 4.10. The van der Waals surface area contributed by atoms with Crippen LogP contribution in [0.25, 0.3) is 0 Å². The van der Waals surface area contributed by atoms with Gasteiger partial charge < -0.3 is 14.5 Å². The molecule has 0 saturated carbocycles. The molecule has 0 aliphatic carbocycles. The van der Waals surface area contributed by atoms with Gasteiger partial charge in [-0.15, -0.1) is 0 Å². The van der Waals surface area contributed by atoms with Crippen molar-refractivity contribution in [1.29, 1.82) is 0 Å². The van der Waals surface area contributed by atoms with E-state index in [0.29, 0.717) is 19.1 Å². The van der Waals surface area contributed by atoms with Gasteiger partial charge in [-0.25, -0.2) is 0 Å². The summed E-state index contributed by atoms with van der Waals surface area (Å²) >= 11 is 0. The number of aromatic nitrogens is 2. The molecule has 0 N–H and O–H groups in total. The predicted molar refractivity (Wildman–Crippen MR) is 88.1 cm³/mol. The second-order valence-corrected chi connectivity index (χ2v) is 7.00.